The lowest BCUT2D eigenvalue weighted by Gasteiger charge is -2.36. The molecule has 2 unspecified atom stereocenters. The van der Waals surface area contributed by atoms with Crippen molar-refractivity contribution in [1.29, 1.82) is 0 Å². The van der Waals surface area contributed by atoms with Gasteiger partial charge < -0.3 is 5.11 Å². The molecule has 3 heterocycles. The third kappa shape index (κ3) is 1.90. The summed E-state index contributed by atoms with van der Waals surface area (Å²) >= 11 is 0. The summed E-state index contributed by atoms with van der Waals surface area (Å²) in [6, 6.07) is 6.48. The fourth-order valence-corrected chi connectivity index (χ4v) is 6.41. The van der Waals surface area contributed by atoms with Gasteiger partial charge in [-0.3, -0.25) is 4.98 Å². The molecule has 2 saturated heterocycles. The topological polar surface area (TPSA) is 67.3 Å². The van der Waals surface area contributed by atoms with Crippen LogP contribution in [0.4, 0.5) is 4.39 Å². The summed E-state index contributed by atoms with van der Waals surface area (Å²) in [5, 5.41) is 10.6. The molecule has 0 aliphatic carbocycles. The number of hydrogen-bond acceptors (Lipinski definition) is 4. The maximum Gasteiger partial charge on any atom is 0.156 e. The predicted octanol–water partition coefficient (Wildman–Crippen LogP) is 2.30. The molecule has 1 aromatic carbocycles. The zero-order valence-electron chi connectivity index (χ0n) is 11.9. The van der Waals surface area contributed by atoms with Gasteiger partial charge in [0.15, 0.2) is 9.84 Å². The Morgan fingerprint density at radius 2 is 1.91 bits per heavy atom. The van der Waals surface area contributed by atoms with Crippen molar-refractivity contribution in [1.82, 2.24) is 4.98 Å². The van der Waals surface area contributed by atoms with E-state index in [1.54, 1.807) is 18.3 Å². The van der Waals surface area contributed by atoms with Gasteiger partial charge in [-0.15, -0.1) is 0 Å². The molecular formula is C16H16FNO3S. The highest BCUT2D eigenvalue weighted by molar-refractivity contribution is 7.93. The number of sulfone groups is 1. The molecule has 4 nitrogen and oxygen atoms in total. The average molecular weight is 321 g/mol. The van der Waals surface area contributed by atoms with Crippen molar-refractivity contribution >= 4 is 20.7 Å². The van der Waals surface area contributed by atoms with Crippen LogP contribution in [0.3, 0.4) is 0 Å². The third-order valence-corrected chi connectivity index (χ3v) is 7.73. The van der Waals surface area contributed by atoms with Gasteiger partial charge in [0, 0.05) is 23.2 Å². The summed E-state index contributed by atoms with van der Waals surface area (Å²) in [5.41, 5.74) is -0.691. The van der Waals surface area contributed by atoms with Crippen molar-refractivity contribution in [3.05, 3.63) is 41.8 Å². The molecule has 2 aliphatic heterocycles. The Morgan fingerprint density at radius 1 is 1.23 bits per heavy atom. The van der Waals surface area contributed by atoms with Gasteiger partial charge >= 0.3 is 0 Å². The molecule has 116 valence electrons. The first kappa shape index (κ1) is 14.1. The summed E-state index contributed by atoms with van der Waals surface area (Å²) in [7, 11) is -3.16. The second-order valence-corrected chi connectivity index (χ2v) is 8.89. The predicted molar refractivity (Wildman–Crippen MR) is 80.6 cm³/mol. The Hall–Kier alpha value is -1.53. The number of aliphatic hydroxyl groups is 1. The van der Waals surface area contributed by atoms with E-state index in [4.69, 9.17) is 0 Å². The van der Waals surface area contributed by atoms with Crippen LogP contribution in [0, 0.1) is 5.82 Å². The van der Waals surface area contributed by atoms with E-state index in [0.29, 0.717) is 18.4 Å². The van der Waals surface area contributed by atoms with Crippen molar-refractivity contribution in [2.24, 2.45) is 0 Å². The molecule has 2 fully saturated rings. The van der Waals surface area contributed by atoms with Crippen molar-refractivity contribution in [2.75, 3.05) is 0 Å². The minimum atomic E-state index is -3.16. The van der Waals surface area contributed by atoms with Crippen LogP contribution in [0.25, 0.3) is 10.9 Å². The van der Waals surface area contributed by atoms with Gasteiger partial charge in [-0.2, -0.15) is 0 Å². The number of rotatable bonds is 1. The first-order chi connectivity index (χ1) is 10.4. The van der Waals surface area contributed by atoms with E-state index in [1.165, 1.54) is 6.07 Å². The minimum absolute atomic E-state index is 0.0779. The second kappa shape index (κ2) is 4.49. The number of pyridine rings is 1. The summed E-state index contributed by atoms with van der Waals surface area (Å²) in [6.45, 7) is 0. The quantitative estimate of drug-likeness (QED) is 0.875. The van der Waals surface area contributed by atoms with Crippen LogP contribution in [0.5, 0.6) is 0 Å². The average Bonchev–Trinajstić information content (AvgIpc) is 2.64. The van der Waals surface area contributed by atoms with Crippen molar-refractivity contribution in [3.63, 3.8) is 0 Å². The molecule has 2 bridgehead atoms. The van der Waals surface area contributed by atoms with Gasteiger partial charge in [0.05, 0.1) is 21.6 Å². The van der Waals surface area contributed by atoms with Crippen molar-refractivity contribution in [2.45, 2.75) is 41.8 Å². The van der Waals surface area contributed by atoms with E-state index < -0.39 is 31.8 Å². The summed E-state index contributed by atoms with van der Waals surface area (Å²) in [5.74, 6) is -0.521. The lowest BCUT2D eigenvalue weighted by molar-refractivity contribution is 0.0141. The van der Waals surface area contributed by atoms with E-state index in [1.807, 2.05) is 6.07 Å². The smallest absolute Gasteiger partial charge is 0.156 e. The standard InChI is InChI=1S/C16H16FNO3S/c17-14-7-15-10(2-1-5-18-15)6-13(14)16(19)8-11-3-4-12(9-16)22(11,20)21/h1-2,5-7,11-12,19H,3-4,8-9H2. The number of fused-ring (bicyclic) bond motifs is 3. The number of halogens is 1. The molecule has 0 saturated carbocycles. The van der Waals surface area contributed by atoms with E-state index in [0.717, 1.165) is 5.39 Å². The van der Waals surface area contributed by atoms with Crippen LogP contribution >= 0.6 is 0 Å². The highest BCUT2D eigenvalue weighted by atomic mass is 32.2. The SMILES string of the molecule is O=S1(=O)C2CCC1CC(O)(c1cc3cccnc3cc1F)C2. The summed E-state index contributed by atoms with van der Waals surface area (Å²) in [4.78, 5) is 4.10. The fraction of sp³-hybridized carbons (Fsp3) is 0.438. The summed E-state index contributed by atoms with van der Waals surface area (Å²) in [6.07, 6.45) is 2.87. The molecule has 2 atom stereocenters. The first-order valence-corrected chi connectivity index (χ1v) is 9.01. The number of aromatic nitrogens is 1. The van der Waals surface area contributed by atoms with E-state index >= 15 is 0 Å². The Morgan fingerprint density at radius 3 is 2.59 bits per heavy atom. The number of benzene rings is 1. The Bertz CT molecular complexity index is 845. The highest BCUT2D eigenvalue weighted by Gasteiger charge is 2.53. The fourth-order valence-electron chi connectivity index (χ4n) is 3.92. The van der Waals surface area contributed by atoms with E-state index in [-0.39, 0.29) is 18.4 Å². The van der Waals surface area contributed by atoms with Gasteiger partial charge in [-0.1, -0.05) is 6.07 Å². The molecular weight excluding hydrogens is 305 g/mol. The number of hydrogen-bond donors (Lipinski definition) is 1. The second-order valence-electron chi connectivity index (χ2n) is 6.38. The van der Waals surface area contributed by atoms with Gasteiger partial charge in [-0.05, 0) is 37.8 Å². The zero-order valence-corrected chi connectivity index (χ0v) is 12.7. The minimum Gasteiger partial charge on any atom is -0.385 e. The van der Waals surface area contributed by atoms with Crippen molar-refractivity contribution in [3.8, 4) is 0 Å². The Labute approximate surface area is 127 Å². The molecule has 1 aromatic heterocycles. The maximum absolute atomic E-state index is 14.5. The summed E-state index contributed by atoms with van der Waals surface area (Å²) < 4.78 is 38.8. The largest absolute Gasteiger partial charge is 0.385 e. The van der Waals surface area contributed by atoms with Crippen LogP contribution in [0.2, 0.25) is 0 Å². The molecule has 1 N–H and O–H groups in total. The van der Waals surface area contributed by atoms with Gasteiger partial charge in [0.1, 0.15) is 5.82 Å². The Kier molecular flexibility index (Phi) is 2.87. The Balaban J connectivity index is 1.83. The molecule has 2 aliphatic rings. The molecule has 2 aromatic rings. The molecule has 0 spiro atoms. The lowest BCUT2D eigenvalue weighted by Crippen LogP contribution is -2.43. The molecule has 0 radical (unpaired) electrons. The van der Waals surface area contributed by atoms with Crippen molar-refractivity contribution < 1.29 is 17.9 Å². The molecule has 22 heavy (non-hydrogen) atoms. The monoisotopic (exact) mass is 321 g/mol. The lowest BCUT2D eigenvalue weighted by atomic mass is 9.85. The van der Waals surface area contributed by atoms with Crippen LogP contribution < -0.4 is 0 Å². The highest BCUT2D eigenvalue weighted by Crippen LogP contribution is 2.48. The molecule has 6 heteroatoms. The van der Waals surface area contributed by atoms with Crippen LogP contribution in [-0.2, 0) is 15.4 Å². The first-order valence-electron chi connectivity index (χ1n) is 7.40. The van der Waals surface area contributed by atoms with Crippen LogP contribution in [-0.4, -0.2) is 29.0 Å². The zero-order chi connectivity index (χ0) is 15.5. The van der Waals surface area contributed by atoms with Gasteiger partial charge in [-0.25, -0.2) is 12.8 Å². The number of nitrogens with zero attached hydrogens (tertiary/aromatic N) is 1. The normalized spacial score (nSPS) is 33.2. The van der Waals surface area contributed by atoms with Gasteiger partial charge in [0.2, 0.25) is 0 Å². The third-order valence-electron chi connectivity index (χ3n) is 5.06. The van der Waals surface area contributed by atoms with E-state index in [2.05, 4.69) is 4.98 Å². The van der Waals surface area contributed by atoms with Gasteiger partial charge in [0.25, 0.3) is 0 Å². The van der Waals surface area contributed by atoms with Crippen LogP contribution in [0.15, 0.2) is 30.5 Å². The maximum atomic E-state index is 14.5. The molecule has 4 rings (SSSR count). The van der Waals surface area contributed by atoms with Crippen LogP contribution in [0.1, 0.15) is 31.2 Å². The molecule has 0 amide bonds. The van der Waals surface area contributed by atoms with E-state index in [9.17, 15) is 17.9 Å².